The number of hydrogen-bond donors (Lipinski definition) is 1. The molecule has 0 saturated heterocycles. The zero-order valence-electron chi connectivity index (χ0n) is 16.8. The van der Waals surface area contributed by atoms with Gasteiger partial charge >= 0.3 is 0 Å². The Balaban J connectivity index is 1.88. The zero-order valence-corrected chi connectivity index (χ0v) is 19.9. The van der Waals surface area contributed by atoms with Crippen LogP contribution in [-0.2, 0) is 21.2 Å². The largest absolute Gasteiger partial charge is 0.497 e. The van der Waals surface area contributed by atoms with Gasteiger partial charge in [-0.2, -0.15) is 5.10 Å². The number of carbonyl (C=O) groups excluding carboxylic acids is 1. The van der Waals surface area contributed by atoms with Crippen LogP contribution in [0.1, 0.15) is 17.8 Å². The number of nitrogens with zero attached hydrogens (tertiary/aromatic N) is 2. The molecule has 7 nitrogen and oxygen atoms in total. The van der Waals surface area contributed by atoms with E-state index in [0.29, 0.717) is 10.7 Å². The number of ether oxygens (including phenoxy) is 1. The Hall–Kier alpha value is -2.50. The number of nitrogens with one attached hydrogen (secondary N) is 1. The normalized spacial score (nSPS) is 11.6. The maximum atomic E-state index is 13.0. The molecule has 170 valence electrons. The number of alkyl halides is 2. The maximum Gasteiger partial charge on any atom is 0.283 e. The third kappa shape index (κ3) is 5.11. The SMILES string of the molecule is COc1cc(NC(=O)Cn2nc(C(F)F)c(Br)c2C)cc(S(=O)(=O)c2ccc(Cl)cc2)c1. The molecule has 1 amide bonds. The van der Waals surface area contributed by atoms with Crippen LogP contribution >= 0.6 is 27.5 Å². The Morgan fingerprint density at radius 2 is 1.88 bits per heavy atom. The van der Waals surface area contributed by atoms with Crippen molar-refractivity contribution in [2.45, 2.75) is 29.7 Å². The van der Waals surface area contributed by atoms with E-state index in [1.165, 1.54) is 49.6 Å². The van der Waals surface area contributed by atoms with Crippen LogP contribution in [0.2, 0.25) is 5.02 Å². The highest BCUT2D eigenvalue weighted by Gasteiger charge is 2.22. The molecule has 0 aliphatic heterocycles. The minimum atomic E-state index is -3.92. The Labute approximate surface area is 196 Å². The third-order valence-electron chi connectivity index (χ3n) is 4.49. The summed E-state index contributed by atoms with van der Waals surface area (Å²) in [4.78, 5) is 12.4. The first-order chi connectivity index (χ1) is 15.0. The number of rotatable bonds is 7. The first-order valence-electron chi connectivity index (χ1n) is 9.03. The Bertz CT molecular complexity index is 1260. The molecule has 0 aliphatic carbocycles. The molecule has 0 saturated carbocycles. The topological polar surface area (TPSA) is 90.3 Å². The number of aromatic nitrogens is 2. The summed E-state index contributed by atoms with van der Waals surface area (Å²) in [5.74, 6) is -0.389. The average molecular weight is 549 g/mol. The van der Waals surface area contributed by atoms with Crippen LogP contribution in [0.25, 0.3) is 0 Å². The van der Waals surface area contributed by atoms with Crippen molar-refractivity contribution in [2.75, 3.05) is 12.4 Å². The predicted molar refractivity (Wildman–Crippen MR) is 118 cm³/mol. The minimum Gasteiger partial charge on any atom is -0.497 e. The Morgan fingerprint density at radius 1 is 1.22 bits per heavy atom. The van der Waals surface area contributed by atoms with Crippen LogP contribution < -0.4 is 10.1 Å². The molecule has 0 fully saturated rings. The van der Waals surface area contributed by atoms with Crippen LogP contribution in [0.5, 0.6) is 5.75 Å². The van der Waals surface area contributed by atoms with Crippen molar-refractivity contribution in [3.63, 3.8) is 0 Å². The van der Waals surface area contributed by atoms with Crippen LogP contribution in [0.4, 0.5) is 14.5 Å². The van der Waals surface area contributed by atoms with E-state index in [1.54, 1.807) is 6.92 Å². The van der Waals surface area contributed by atoms with Crippen LogP contribution in [-0.4, -0.2) is 31.2 Å². The molecule has 0 radical (unpaired) electrons. The molecule has 3 rings (SSSR count). The van der Waals surface area contributed by atoms with E-state index in [1.807, 2.05) is 0 Å². The molecule has 1 heterocycles. The van der Waals surface area contributed by atoms with E-state index < -0.39 is 27.9 Å². The maximum absolute atomic E-state index is 13.0. The van der Waals surface area contributed by atoms with Crippen molar-refractivity contribution in [1.29, 1.82) is 0 Å². The predicted octanol–water partition coefficient (Wildman–Crippen LogP) is 5.03. The van der Waals surface area contributed by atoms with Gasteiger partial charge in [-0.3, -0.25) is 9.48 Å². The summed E-state index contributed by atoms with van der Waals surface area (Å²) in [5, 5.41) is 6.70. The average Bonchev–Trinajstić information content (AvgIpc) is 3.02. The molecule has 1 N–H and O–H groups in total. The van der Waals surface area contributed by atoms with E-state index in [9.17, 15) is 22.0 Å². The molecule has 0 unspecified atom stereocenters. The van der Waals surface area contributed by atoms with Crippen molar-refractivity contribution in [3.05, 3.63) is 63.3 Å². The monoisotopic (exact) mass is 547 g/mol. The molecule has 3 aromatic rings. The van der Waals surface area contributed by atoms with Crippen molar-refractivity contribution in [3.8, 4) is 5.75 Å². The number of hydrogen-bond acceptors (Lipinski definition) is 5. The number of amides is 1. The van der Waals surface area contributed by atoms with Gasteiger partial charge in [-0.05, 0) is 59.3 Å². The van der Waals surface area contributed by atoms with Crippen LogP contribution in [0.3, 0.4) is 0 Å². The van der Waals surface area contributed by atoms with Gasteiger partial charge in [0.2, 0.25) is 15.7 Å². The number of methoxy groups -OCH3 is 1. The molecule has 0 aliphatic rings. The van der Waals surface area contributed by atoms with Crippen molar-refractivity contribution in [1.82, 2.24) is 9.78 Å². The van der Waals surface area contributed by atoms with E-state index in [4.69, 9.17) is 16.3 Å². The molecule has 0 spiro atoms. The quantitative estimate of drug-likeness (QED) is 0.448. The smallest absolute Gasteiger partial charge is 0.283 e. The highest BCUT2D eigenvalue weighted by molar-refractivity contribution is 9.10. The van der Waals surface area contributed by atoms with Crippen molar-refractivity contribution in [2.24, 2.45) is 0 Å². The molecule has 2 aromatic carbocycles. The summed E-state index contributed by atoms with van der Waals surface area (Å²) in [6.07, 6.45) is -2.80. The lowest BCUT2D eigenvalue weighted by molar-refractivity contribution is -0.117. The Kier molecular flexibility index (Phi) is 7.21. The van der Waals surface area contributed by atoms with Gasteiger partial charge < -0.3 is 10.1 Å². The lowest BCUT2D eigenvalue weighted by Gasteiger charge is -2.12. The van der Waals surface area contributed by atoms with Gasteiger partial charge in [0.05, 0.1) is 27.1 Å². The summed E-state index contributed by atoms with van der Waals surface area (Å²) < 4.78 is 58.4. The summed E-state index contributed by atoms with van der Waals surface area (Å²) in [5.41, 5.74) is 0.0416. The second-order valence-electron chi connectivity index (χ2n) is 6.65. The van der Waals surface area contributed by atoms with Crippen molar-refractivity contribution < 1.29 is 26.7 Å². The molecular formula is C20H17BrClF2N3O4S. The van der Waals surface area contributed by atoms with E-state index in [-0.39, 0.29) is 32.2 Å². The summed E-state index contributed by atoms with van der Waals surface area (Å²) >= 11 is 8.88. The zero-order chi connectivity index (χ0) is 23.6. The lowest BCUT2D eigenvalue weighted by Crippen LogP contribution is -2.20. The second-order valence-corrected chi connectivity index (χ2v) is 9.82. The van der Waals surface area contributed by atoms with E-state index in [0.717, 1.165) is 4.68 Å². The number of halogens is 4. The minimum absolute atomic E-state index is 0.0176. The third-order valence-corrected chi connectivity index (χ3v) is 7.47. The first-order valence-corrected chi connectivity index (χ1v) is 11.7. The number of benzene rings is 2. The molecule has 0 atom stereocenters. The first kappa shape index (κ1) is 24.1. The van der Waals surface area contributed by atoms with Gasteiger partial charge in [0.25, 0.3) is 6.43 Å². The molecule has 12 heteroatoms. The standard InChI is InChI=1S/C20H17BrClF2N3O4S/c1-11-18(21)19(20(23)24)26-27(11)10-17(28)25-13-7-14(31-2)9-16(8-13)32(29,30)15-5-3-12(22)4-6-15/h3-9,20H,10H2,1-2H3,(H,25,28). The van der Waals surface area contributed by atoms with E-state index in [2.05, 4.69) is 26.3 Å². The molecular weight excluding hydrogens is 532 g/mol. The number of anilines is 1. The fourth-order valence-electron chi connectivity index (χ4n) is 2.84. The number of sulfone groups is 1. The lowest BCUT2D eigenvalue weighted by atomic mass is 10.3. The van der Waals surface area contributed by atoms with Gasteiger partial charge in [-0.15, -0.1) is 0 Å². The highest BCUT2D eigenvalue weighted by Crippen LogP contribution is 2.30. The van der Waals surface area contributed by atoms with Crippen molar-refractivity contribution >= 4 is 49.0 Å². The fraction of sp³-hybridized carbons (Fsp3) is 0.200. The summed E-state index contributed by atoms with van der Waals surface area (Å²) in [7, 11) is -2.56. The highest BCUT2D eigenvalue weighted by atomic mass is 79.9. The van der Waals surface area contributed by atoms with Gasteiger partial charge in [0, 0.05) is 16.8 Å². The summed E-state index contributed by atoms with van der Waals surface area (Å²) in [6.45, 7) is 1.19. The van der Waals surface area contributed by atoms with Crippen LogP contribution in [0, 0.1) is 6.92 Å². The van der Waals surface area contributed by atoms with Gasteiger partial charge in [-0.25, -0.2) is 17.2 Å². The van der Waals surface area contributed by atoms with Gasteiger partial charge in [0.1, 0.15) is 18.0 Å². The fourth-order valence-corrected chi connectivity index (χ4v) is 4.75. The second kappa shape index (κ2) is 9.55. The summed E-state index contributed by atoms with van der Waals surface area (Å²) in [6, 6.07) is 9.69. The van der Waals surface area contributed by atoms with Crippen LogP contribution in [0.15, 0.2) is 56.7 Å². The van der Waals surface area contributed by atoms with Gasteiger partial charge in [-0.1, -0.05) is 11.6 Å². The molecule has 1 aromatic heterocycles. The molecule has 32 heavy (non-hydrogen) atoms. The van der Waals surface area contributed by atoms with E-state index >= 15 is 0 Å². The Morgan fingerprint density at radius 3 is 2.44 bits per heavy atom. The number of carbonyl (C=O) groups is 1. The molecule has 0 bridgehead atoms. The van der Waals surface area contributed by atoms with Gasteiger partial charge in [0.15, 0.2) is 0 Å².